The molecule has 2 N–H and O–H groups in total. The lowest BCUT2D eigenvalue weighted by molar-refractivity contribution is -0.161. The Labute approximate surface area is 332 Å². The molecular formula is C45H85O8P. The molecule has 0 fully saturated rings. The Kier molecular flexibility index (Phi) is 40.1. The molecule has 9 heteroatoms. The van der Waals surface area contributed by atoms with Gasteiger partial charge in [0.2, 0.25) is 0 Å². The van der Waals surface area contributed by atoms with Crippen LogP contribution in [0.5, 0.6) is 0 Å². The van der Waals surface area contributed by atoms with Gasteiger partial charge in [-0.2, -0.15) is 0 Å². The fourth-order valence-corrected chi connectivity index (χ4v) is 6.90. The summed E-state index contributed by atoms with van der Waals surface area (Å²) in [6, 6.07) is 0. The first-order chi connectivity index (χ1) is 26.3. The molecule has 0 spiro atoms. The predicted octanol–water partition coefficient (Wildman–Crippen LogP) is 14.0. The van der Waals surface area contributed by atoms with Crippen molar-refractivity contribution in [2.24, 2.45) is 0 Å². The average Bonchev–Trinajstić information content (AvgIpc) is 3.14. The lowest BCUT2D eigenvalue weighted by atomic mass is 10.0. The van der Waals surface area contributed by atoms with Crippen molar-refractivity contribution in [1.82, 2.24) is 0 Å². The van der Waals surface area contributed by atoms with Crippen molar-refractivity contribution in [3.8, 4) is 0 Å². The smallest absolute Gasteiger partial charge is 0.462 e. The number of rotatable bonds is 42. The normalized spacial score (nSPS) is 12.6. The van der Waals surface area contributed by atoms with E-state index in [1.807, 2.05) is 0 Å². The first kappa shape index (κ1) is 52.5. The fourth-order valence-electron chi connectivity index (χ4n) is 6.54. The monoisotopic (exact) mass is 785 g/mol. The molecule has 0 aliphatic heterocycles. The zero-order valence-corrected chi connectivity index (χ0v) is 36.0. The van der Waals surface area contributed by atoms with E-state index < -0.39 is 32.5 Å². The van der Waals surface area contributed by atoms with Crippen molar-refractivity contribution in [2.45, 2.75) is 238 Å². The first-order valence-corrected chi connectivity index (χ1v) is 24.2. The van der Waals surface area contributed by atoms with Crippen molar-refractivity contribution in [3.63, 3.8) is 0 Å². The quantitative estimate of drug-likeness (QED) is 0.0272. The van der Waals surface area contributed by atoms with Crippen molar-refractivity contribution in [3.05, 3.63) is 24.3 Å². The van der Waals surface area contributed by atoms with Crippen LogP contribution in [0.2, 0.25) is 0 Å². The van der Waals surface area contributed by atoms with Crippen LogP contribution in [0.4, 0.5) is 0 Å². The second-order valence-electron chi connectivity index (χ2n) is 15.4. The van der Waals surface area contributed by atoms with E-state index in [1.165, 1.54) is 154 Å². The second kappa shape index (κ2) is 41.2. The van der Waals surface area contributed by atoms with E-state index in [4.69, 9.17) is 19.3 Å². The zero-order valence-electron chi connectivity index (χ0n) is 35.1. The molecule has 318 valence electrons. The molecule has 0 rings (SSSR count). The van der Waals surface area contributed by atoms with Crippen LogP contribution >= 0.6 is 7.82 Å². The number of hydrogen-bond acceptors (Lipinski definition) is 6. The molecule has 0 radical (unpaired) electrons. The van der Waals surface area contributed by atoms with Crippen molar-refractivity contribution in [1.29, 1.82) is 0 Å². The zero-order chi connectivity index (χ0) is 39.6. The van der Waals surface area contributed by atoms with E-state index in [-0.39, 0.29) is 19.4 Å². The van der Waals surface area contributed by atoms with E-state index in [0.717, 1.165) is 44.9 Å². The van der Waals surface area contributed by atoms with Gasteiger partial charge in [0, 0.05) is 12.8 Å². The number of phosphoric acid groups is 1. The summed E-state index contributed by atoms with van der Waals surface area (Å²) in [6.45, 7) is 3.69. The van der Waals surface area contributed by atoms with Crippen molar-refractivity contribution in [2.75, 3.05) is 13.2 Å². The molecule has 1 atom stereocenters. The summed E-state index contributed by atoms with van der Waals surface area (Å²) in [7, 11) is -4.76. The third kappa shape index (κ3) is 43.3. The van der Waals surface area contributed by atoms with E-state index in [0.29, 0.717) is 6.42 Å². The molecule has 0 aromatic heterocycles. The van der Waals surface area contributed by atoms with Crippen LogP contribution in [0.25, 0.3) is 0 Å². The minimum Gasteiger partial charge on any atom is -0.462 e. The molecule has 0 aromatic rings. The van der Waals surface area contributed by atoms with E-state index in [1.54, 1.807) is 0 Å². The molecule has 0 saturated heterocycles. The van der Waals surface area contributed by atoms with Gasteiger partial charge in [0.1, 0.15) is 6.61 Å². The average molecular weight is 785 g/mol. The van der Waals surface area contributed by atoms with Crippen LogP contribution in [0.1, 0.15) is 232 Å². The summed E-state index contributed by atoms with van der Waals surface area (Å²) < 4.78 is 26.4. The van der Waals surface area contributed by atoms with Crippen LogP contribution in [0, 0.1) is 0 Å². The van der Waals surface area contributed by atoms with Gasteiger partial charge >= 0.3 is 19.8 Å². The third-order valence-corrected chi connectivity index (χ3v) is 10.4. The summed E-state index contributed by atoms with van der Waals surface area (Å²) in [5.74, 6) is -0.895. The van der Waals surface area contributed by atoms with Gasteiger partial charge in [-0.1, -0.05) is 179 Å². The third-order valence-electron chi connectivity index (χ3n) is 9.94. The number of ether oxygens (including phenoxy) is 2. The lowest BCUT2D eigenvalue weighted by Crippen LogP contribution is -2.29. The molecule has 0 aromatic carbocycles. The Morgan fingerprint density at radius 2 is 0.778 bits per heavy atom. The van der Waals surface area contributed by atoms with Gasteiger partial charge in [0.25, 0.3) is 0 Å². The molecule has 0 aliphatic rings. The van der Waals surface area contributed by atoms with Crippen molar-refractivity contribution >= 4 is 19.8 Å². The Bertz CT molecular complexity index is 931. The molecular weight excluding hydrogens is 699 g/mol. The summed E-state index contributed by atoms with van der Waals surface area (Å²) >= 11 is 0. The van der Waals surface area contributed by atoms with Crippen LogP contribution < -0.4 is 0 Å². The number of esters is 2. The summed E-state index contributed by atoms with van der Waals surface area (Å²) in [4.78, 5) is 42.9. The van der Waals surface area contributed by atoms with Crippen LogP contribution in [-0.2, 0) is 28.2 Å². The Morgan fingerprint density at radius 1 is 0.463 bits per heavy atom. The van der Waals surface area contributed by atoms with Crippen LogP contribution in [0.3, 0.4) is 0 Å². The topological polar surface area (TPSA) is 119 Å². The maximum Gasteiger partial charge on any atom is 0.469 e. The Hall–Kier alpha value is -1.47. The summed E-state index contributed by atoms with van der Waals surface area (Å²) in [5.41, 5.74) is 0. The van der Waals surface area contributed by atoms with Gasteiger partial charge in [-0.05, 0) is 64.2 Å². The predicted molar refractivity (Wildman–Crippen MR) is 225 cm³/mol. The second-order valence-corrected chi connectivity index (χ2v) is 16.6. The largest absolute Gasteiger partial charge is 0.469 e. The van der Waals surface area contributed by atoms with Gasteiger partial charge in [0.05, 0.1) is 6.61 Å². The van der Waals surface area contributed by atoms with E-state index in [2.05, 4.69) is 42.7 Å². The molecule has 0 aliphatic carbocycles. The minimum absolute atomic E-state index is 0.194. The number of allylic oxidation sites excluding steroid dienone is 4. The highest BCUT2D eigenvalue weighted by molar-refractivity contribution is 7.46. The first-order valence-electron chi connectivity index (χ1n) is 22.6. The molecule has 8 nitrogen and oxygen atoms in total. The van der Waals surface area contributed by atoms with E-state index >= 15 is 0 Å². The standard InChI is InChI=1S/C45H85O8P/c1-3-5-7-9-11-13-15-17-19-20-21-22-23-24-26-27-29-31-33-35-37-39-44(46)51-41-43(42-52-54(48,49)50)53-45(47)40-38-36-34-32-30-28-25-18-16-14-12-10-8-6-4-2/h17,19,28,30,43H,3-16,18,20-27,29,31-42H2,1-2H3,(H2,48,49,50)/b19-17+,30-28+/t43-/m1/s1. The number of hydrogen-bond donors (Lipinski definition) is 2. The van der Waals surface area contributed by atoms with Crippen LogP contribution in [-0.4, -0.2) is 41.0 Å². The molecule has 54 heavy (non-hydrogen) atoms. The highest BCUT2D eigenvalue weighted by Crippen LogP contribution is 2.36. The highest BCUT2D eigenvalue weighted by Gasteiger charge is 2.22. The van der Waals surface area contributed by atoms with Crippen LogP contribution in [0.15, 0.2) is 24.3 Å². The Morgan fingerprint density at radius 3 is 1.15 bits per heavy atom. The molecule has 0 amide bonds. The van der Waals surface area contributed by atoms with Gasteiger partial charge < -0.3 is 19.3 Å². The number of carbonyl (C=O) groups is 2. The number of carbonyl (C=O) groups excluding carboxylic acids is 2. The maximum atomic E-state index is 12.4. The fraction of sp³-hybridized carbons (Fsp3) is 0.867. The SMILES string of the molecule is CCCCCCCC/C=C/CCCCCCCCCCCCCC(=O)OC[C@H](COP(=O)(O)O)OC(=O)CCCCC/C=C/CCCCCCCCCC. The molecule has 0 unspecified atom stereocenters. The molecule has 0 heterocycles. The van der Waals surface area contributed by atoms with E-state index in [9.17, 15) is 14.2 Å². The lowest BCUT2D eigenvalue weighted by Gasteiger charge is -2.18. The number of phosphoric ester groups is 1. The molecule has 0 saturated carbocycles. The van der Waals surface area contributed by atoms with Gasteiger partial charge in [-0.25, -0.2) is 4.57 Å². The minimum atomic E-state index is -4.76. The van der Waals surface area contributed by atoms with Gasteiger partial charge in [0.15, 0.2) is 6.10 Å². The summed E-state index contributed by atoms with van der Waals surface area (Å²) in [6.07, 6.45) is 47.6. The van der Waals surface area contributed by atoms with Gasteiger partial charge in [-0.3, -0.25) is 14.1 Å². The number of unbranched alkanes of at least 4 members (excludes halogenated alkanes) is 28. The summed E-state index contributed by atoms with van der Waals surface area (Å²) in [5, 5.41) is 0. The maximum absolute atomic E-state index is 12.4. The highest BCUT2D eigenvalue weighted by atomic mass is 31.2. The van der Waals surface area contributed by atoms with Gasteiger partial charge in [-0.15, -0.1) is 0 Å². The Balaban J connectivity index is 3.85. The molecule has 0 bridgehead atoms. The van der Waals surface area contributed by atoms with Crippen molar-refractivity contribution < 1.29 is 37.9 Å².